The standard InChI is InChI=1S/C28H34N2O5S/c1-4-34-27(33)35-19-7-9-20-17(13-19)5-8-22-21(20)11-12-28(3)23(31)14-18(25(22)28)6-10-24(32)30-26-29-15-16(2)36-26/h7,9,13,15,18,21-22,25H,4-6,8,10-12,14H2,1-3H3,(H,29,30,32)/t18-,21?,22?,25?,28-/m1/s1. The second kappa shape index (κ2) is 9.96. The summed E-state index contributed by atoms with van der Waals surface area (Å²) in [5.74, 6) is 2.20. The van der Waals surface area contributed by atoms with Crippen LogP contribution in [0.5, 0.6) is 5.75 Å². The molecule has 8 heteroatoms. The van der Waals surface area contributed by atoms with Crippen molar-refractivity contribution in [2.24, 2.45) is 23.2 Å². The third-order valence-electron chi connectivity index (χ3n) is 8.62. The van der Waals surface area contributed by atoms with E-state index in [1.807, 2.05) is 19.1 Å². The van der Waals surface area contributed by atoms with E-state index < -0.39 is 6.16 Å². The molecule has 5 rings (SSSR count). The van der Waals surface area contributed by atoms with E-state index in [2.05, 4.69) is 23.3 Å². The molecule has 1 aromatic carbocycles. The van der Waals surface area contributed by atoms with Crippen molar-refractivity contribution in [1.29, 1.82) is 0 Å². The molecule has 0 bridgehead atoms. The molecular weight excluding hydrogens is 476 g/mol. The fraction of sp³-hybridized carbons (Fsp3) is 0.571. The summed E-state index contributed by atoms with van der Waals surface area (Å²) < 4.78 is 10.2. The molecule has 5 atom stereocenters. The number of nitrogens with zero attached hydrogens (tertiary/aromatic N) is 1. The Hall–Kier alpha value is -2.74. The van der Waals surface area contributed by atoms with Gasteiger partial charge in [-0.2, -0.15) is 0 Å². The normalized spacial score (nSPS) is 28.6. The van der Waals surface area contributed by atoms with Gasteiger partial charge in [0.25, 0.3) is 0 Å². The largest absolute Gasteiger partial charge is 0.513 e. The minimum Gasteiger partial charge on any atom is -0.434 e. The molecule has 1 N–H and O–H groups in total. The highest BCUT2D eigenvalue weighted by atomic mass is 32.1. The highest BCUT2D eigenvalue weighted by Gasteiger charge is 2.58. The number of ketones is 1. The van der Waals surface area contributed by atoms with Crippen molar-refractivity contribution in [3.05, 3.63) is 40.4 Å². The van der Waals surface area contributed by atoms with Crippen molar-refractivity contribution in [2.75, 3.05) is 11.9 Å². The number of aromatic nitrogens is 1. The topological polar surface area (TPSA) is 94.6 Å². The predicted octanol–water partition coefficient (Wildman–Crippen LogP) is 6.06. The monoisotopic (exact) mass is 510 g/mol. The number of hydrogen-bond acceptors (Lipinski definition) is 7. The fourth-order valence-corrected chi connectivity index (χ4v) is 7.78. The Morgan fingerprint density at radius 3 is 2.86 bits per heavy atom. The molecule has 2 saturated carbocycles. The van der Waals surface area contributed by atoms with Gasteiger partial charge in [-0.25, -0.2) is 9.78 Å². The minimum absolute atomic E-state index is 0.0270. The lowest BCUT2D eigenvalue weighted by atomic mass is 9.54. The van der Waals surface area contributed by atoms with E-state index in [9.17, 15) is 14.4 Å². The zero-order chi connectivity index (χ0) is 25.4. The number of carbonyl (C=O) groups excluding carboxylic acids is 3. The van der Waals surface area contributed by atoms with E-state index in [0.29, 0.717) is 47.3 Å². The number of amides is 1. The Labute approximate surface area is 216 Å². The van der Waals surface area contributed by atoms with Crippen molar-refractivity contribution in [1.82, 2.24) is 4.98 Å². The SMILES string of the molecule is CCOC(=O)Oc1ccc2c(c1)CCC1C2CC[C@]2(C)C(=O)C[C@@H](CCC(=O)Nc3ncc(C)s3)C12. The van der Waals surface area contributed by atoms with E-state index in [-0.39, 0.29) is 23.8 Å². The molecule has 1 amide bonds. The predicted molar refractivity (Wildman–Crippen MR) is 137 cm³/mol. The molecule has 1 aromatic heterocycles. The molecule has 36 heavy (non-hydrogen) atoms. The maximum absolute atomic E-state index is 13.2. The zero-order valence-corrected chi connectivity index (χ0v) is 22.0. The van der Waals surface area contributed by atoms with Crippen LogP contribution in [0.3, 0.4) is 0 Å². The molecule has 2 fully saturated rings. The van der Waals surface area contributed by atoms with Crippen molar-refractivity contribution in [2.45, 2.75) is 71.6 Å². The van der Waals surface area contributed by atoms with Gasteiger partial charge < -0.3 is 14.8 Å². The van der Waals surface area contributed by atoms with E-state index in [1.54, 1.807) is 13.1 Å². The van der Waals surface area contributed by atoms with Crippen LogP contribution in [0.25, 0.3) is 0 Å². The van der Waals surface area contributed by atoms with Crippen LogP contribution in [0.4, 0.5) is 9.93 Å². The zero-order valence-electron chi connectivity index (χ0n) is 21.2. The Morgan fingerprint density at radius 2 is 2.11 bits per heavy atom. The molecule has 7 nitrogen and oxygen atoms in total. The molecule has 3 unspecified atom stereocenters. The maximum Gasteiger partial charge on any atom is 0.513 e. The molecule has 0 spiro atoms. The van der Waals surface area contributed by atoms with Gasteiger partial charge in [0, 0.05) is 29.3 Å². The number of hydrogen-bond donors (Lipinski definition) is 1. The third kappa shape index (κ3) is 4.67. The lowest BCUT2D eigenvalue weighted by Gasteiger charge is -2.50. The summed E-state index contributed by atoms with van der Waals surface area (Å²) in [4.78, 5) is 42.9. The lowest BCUT2D eigenvalue weighted by Crippen LogP contribution is -2.44. The smallest absolute Gasteiger partial charge is 0.434 e. The van der Waals surface area contributed by atoms with E-state index in [0.717, 1.165) is 37.0 Å². The molecule has 1 heterocycles. The molecule has 0 radical (unpaired) electrons. The van der Waals surface area contributed by atoms with Crippen LogP contribution < -0.4 is 10.1 Å². The van der Waals surface area contributed by atoms with Crippen LogP contribution in [0.1, 0.15) is 74.3 Å². The van der Waals surface area contributed by atoms with Gasteiger partial charge in [-0.3, -0.25) is 9.59 Å². The number of ether oxygens (including phenoxy) is 2. The Kier molecular flexibility index (Phi) is 6.90. The summed E-state index contributed by atoms with van der Waals surface area (Å²) in [7, 11) is 0. The van der Waals surface area contributed by atoms with Gasteiger partial charge in [0.1, 0.15) is 11.5 Å². The van der Waals surface area contributed by atoms with Crippen LogP contribution in [0, 0.1) is 30.1 Å². The van der Waals surface area contributed by atoms with Crippen molar-refractivity contribution < 1.29 is 23.9 Å². The highest BCUT2D eigenvalue weighted by molar-refractivity contribution is 7.15. The van der Waals surface area contributed by atoms with Crippen LogP contribution >= 0.6 is 11.3 Å². The second-order valence-corrected chi connectivity index (χ2v) is 11.9. The molecule has 0 saturated heterocycles. The highest BCUT2D eigenvalue weighted by Crippen LogP contribution is 2.62. The second-order valence-electron chi connectivity index (χ2n) is 10.7. The minimum atomic E-state index is -0.680. The van der Waals surface area contributed by atoms with E-state index in [1.165, 1.54) is 22.5 Å². The summed E-state index contributed by atoms with van der Waals surface area (Å²) in [5, 5.41) is 3.55. The van der Waals surface area contributed by atoms with Gasteiger partial charge in [-0.15, -0.1) is 11.3 Å². The van der Waals surface area contributed by atoms with Crippen LogP contribution in [0.2, 0.25) is 0 Å². The molecule has 0 aliphatic heterocycles. The van der Waals surface area contributed by atoms with Gasteiger partial charge in [0.15, 0.2) is 5.13 Å². The first-order chi connectivity index (χ1) is 17.3. The van der Waals surface area contributed by atoms with Crippen LogP contribution in [0.15, 0.2) is 24.4 Å². The Morgan fingerprint density at radius 1 is 1.28 bits per heavy atom. The summed E-state index contributed by atoms with van der Waals surface area (Å²) in [6.07, 6.45) is 6.58. The molecular formula is C28H34N2O5S. The van der Waals surface area contributed by atoms with Gasteiger partial charge in [0.05, 0.1) is 6.61 Å². The van der Waals surface area contributed by atoms with Gasteiger partial charge >= 0.3 is 6.16 Å². The van der Waals surface area contributed by atoms with Crippen LogP contribution in [-0.4, -0.2) is 29.4 Å². The van der Waals surface area contributed by atoms with Crippen LogP contribution in [-0.2, 0) is 20.7 Å². The average Bonchev–Trinajstić information content (AvgIpc) is 3.36. The number of fused-ring (bicyclic) bond motifs is 5. The van der Waals surface area contributed by atoms with Crippen molar-refractivity contribution in [3.8, 4) is 5.75 Å². The number of aryl methyl sites for hydroxylation is 2. The third-order valence-corrected chi connectivity index (χ3v) is 9.44. The summed E-state index contributed by atoms with van der Waals surface area (Å²) >= 11 is 1.48. The average molecular weight is 511 g/mol. The number of anilines is 1. The van der Waals surface area contributed by atoms with Crippen molar-refractivity contribution >= 4 is 34.3 Å². The summed E-state index contributed by atoms with van der Waals surface area (Å²) in [5.41, 5.74) is 2.25. The molecule has 192 valence electrons. The van der Waals surface area contributed by atoms with Crippen molar-refractivity contribution in [3.63, 3.8) is 0 Å². The molecule has 3 aliphatic rings. The number of nitrogens with one attached hydrogen (secondary N) is 1. The first-order valence-electron chi connectivity index (χ1n) is 13.0. The van der Waals surface area contributed by atoms with E-state index >= 15 is 0 Å². The Balaban J connectivity index is 1.30. The first-order valence-corrected chi connectivity index (χ1v) is 13.8. The fourth-order valence-electron chi connectivity index (χ4n) is 7.10. The Bertz CT molecular complexity index is 1180. The summed E-state index contributed by atoms with van der Waals surface area (Å²) in [6, 6.07) is 5.92. The van der Waals surface area contributed by atoms with Gasteiger partial charge in [-0.1, -0.05) is 13.0 Å². The van der Waals surface area contributed by atoms with Gasteiger partial charge in [0.2, 0.25) is 5.91 Å². The quantitative estimate of drug-likeness (QED) is 0.375. The molecule has 2 aromatic rings. The number of thiazole rings is 1. The number of carbonyl (C=O) groups is 3. The lowest BCUT2D eigenvalue weighted by molar-refractivity contribution is -0.129. The first kappa shape index (κ1) is 24.9. The summed E-state index contributed by atoms with van der Waals surface area (Å²) in [6.45, 7) is 6.16. The van der Waals surface area contributed by atoms with Gasteiger partial charge in [-0.05, 0) is 92.9 Å². The maximum atomic E-state index is 13.2. The molecule has 3 aliphatic carbocycles. The number of rotatable bonds is 6. The number of Topliss-reactive ketones (excluding diaryl/α,β-unsaturated/α-hetero) is 1. The van der Waals surface area contributed by atoms with E-state index in [4.69, 9.17) is 9.47 Å². The number of benzene rings is 1.